The summed E-state index contributed by atoms with van der Waals surface area (Å²) >= 11 is 8.96. The monoisotopic (exact) mass is 334 g/mol. The van der Waals surface area contributed by atoms with Gasteiger partial charge in [-0.3, -0.25) is 13.9 Å². The van der Waals surface area contributed by atoms with Gasteiger partial charge in [0, 0.05) is 26.5 Å². The summed E-state index contributed by atoms with van der Waals surface area (Å²) in [7, 11) is 3.05. The first-order valence-electron chi connectivity index (χ1n) is 5.36. The Hall–Kier alpha value is -1.08. The van der Waals surface area contributed by atoms with Gasteiger partial charge in [0.15, 0.2) is 15.9 Å². The van der Waals surface area contributed by atoms with Gasteiger partial charge in [-0.25, -0.2) is 9.78 Å². The minimum Gasteiger partial charge on any atom is -0.313 e. The van der Waals surface area contributed by atoms with Crippen LogP contribution < -0.4 is 11.2 Å². The van der Waals surface area contributed by atoms with Gasteiger partial charge in [0.25, 0.3) is 5.56 Å². The third-order valence-electron chi connectivity index (χ3n) is 2.82. The van der Waals surface area contributed by atoms with Crippen molar-refractivity contribution in [2.45, 2.75) is 13.0 Å². The van der Waals surface area contributed by atoms with Gasteiger partial charge in [-0.1, -0.05) is 0 Å². The molecule has 0 saturated carbocycles. The Kier molecular flexibility index (Phi) is 3.63. The maximum absolute atomic E-state index is 12.1. The van der Waals surface area contributed by atoms with Crippen molar-refractivity contribution in [3.05, 3.63) is 25.6 Å². The van der Waals surface area contributed by atoms with E-state index in [1.807, 2.05) is 0 Å². The highest BCUT2D eigenvalue weighted by Gasteiger charge is 2.17. The Labute approximate surface area is 116 Å². The highest BCUT2D eigenvalue weighted by Crippen LogP contribution is 2.16. The molecule has 6 nitrogen and oxygen atoms in total. The fourth-order valence-corrected chi connectivity index (χ4v) is 2.48. The van der Waals surface area contributed by atoms with E-state index in [2.05, 4.69) is 20.9 Å². The van der Waals surface area contributed by atoms with Crippen LogP contribution in [0.1, 0.15) is 6.42 Å². The summed E-state index contributed by atoms with van der Waals surface area (Å²) in [6.45, 7) is 0.577. The molecule has 0 aliphatic rings. The number of rotatable bonds is 3. The summed E-state index contributed by atoms with van der Waals surface area (Å²) in [4.78, 5) is 28.1. The van der Waals surface area contributed by atoms with Crippen molar-refractivity contribution in [2.75, 3.05) is 5.88 Å². The van der Waals surface area contributed by atoms with Gasteiger partial charge in [0.1, 0.15) is 0 Å². The second-order valence-corrected chi connectivity index (χ2v) is 5.04. The van der Waals surface area contributed by atoms with Crippen molar-refractivity contribution >= 4 is 38.7 Å². The van der Waals surface area contributed by atoms with Crippen molar-refractivity contribution in [1.82, 2.24) is 18.7 Å². The van der Waals surface area contributed by atoms with E-state index < -0.39 is 0 Å². The molecule has 0 aliphatic carbocycles. The number of nitrogens with zero attached hydrogens (tertiary/aromatic N) is 4. The van der Waals surface area contributed by atoms with Crippen LogP contribution in [0, 0.1) is 0 Å². The molecular formula is C10H12BrClN4O2. The van der Waals surface area contributed by atoms with Gasteiger partial charge in [-0.05, 0) is 22.4 Å². The highest BCUT2D eigenvalue weighted by molar-refractivity contribution is 9.10. The van der Waals surface area contributed by atoms with Crippen LogP contribution in [-0.4, -0.2) is 24.6 Å². The summed E-state index contributed by atoms with van der Waals surface area (Å²) in [6.07, 6.45) is 0.720. The summed E-state index contributed by atoms with van der Waals surface area (Å²) in [5.41, 5.74) is 0.0593. The smallest absolute Gasteiger partial charge is 0.313 e. The Balaban J connectivity index is 2.86. The average molecular weight is 336 g/mol. The van der Waals surface area contributed by atoms with E-state index in [-0.39, 0.29) is 11.2 Å². The molecule has 0 spiro atoms. The van der Waals surface area contributed by atoms with Crippen LogP contribution in [0.25, 0.3) is 11.2 Å². The predicted molar refractivity (Wildman–Crippen MR) is 73.3 cm³/mol. The second-order valence-electron chi connectivity index (χ2n) is 3.95. The first-order valence-corrected chi connectivity index (χ1v) is 6.69. The number of fused-ring (bicyclic) bond motifs is 1. The van der Waals surface area contributed by atoms with Crippen LogP contribution in [0.3, 0.4) is 0 Å². The van der Waals surface area contributed by atoms with Crippen LogP contribution in [0.5, 0.6) is 0 Å². The topological polar surface area (TPSA) is 61.8 Å². The number of hydrogen-bond donors (Lipinski definition) is 0. The van der Waals surface area contributed by atoms with Gasteiger partial charge in [-0.15, -0.1) is 11.6 Å². The van der Waals surface area contributed by atoms with Gasteiger partial charge < -0.3 is 4.57 Å². The quantitative estimate of drug-likeness (QED) is 0.616. The lowest BCUT2D eigenvalue weighted by Crippen LogP contribution is -2.37. The lowest BCUT2D eigenvalue weighted by atomic mass is 10.4. The molecule has 0 aromatic carbocycles. The van der Waals surface area contributed by atoms with E-state index in [4.69, 9.17) is 11.6 Å². The molecule has 2 aromatic heterocycles. The number of aromatic nitrogens is 4. The molecule has 0 unspecified atom stereocenters. The molecule has 0 N–H and O–H groups in total. The van der Waals surface area contributed by atoms with E-state index in [1.165, 1.54) is 11.6 Å². The predicted octanol–water partition coefficient (Wildman–Crippen LogP) is 0.825. The Morgan fingerprint density at radius 1 is 1.28 bits per heavy atom. The third kappa shape index (κ3) is 1.91. The maximum Gasteiger partial charge on any atom is 0.332 e. The molecule has 0 saturated heterocycles. The number of imidazole rings is 1. The zero-order valence-corrected chi connectivity index (χ0v) is 12.3. The average Bonchev–Trinajstić information content (AvgIpc) is 2.68. The lowest BCUT2D eigenvalue weighted by molar-refractivity contribution is 0.669. The van der Waals surface area contributed by atoms with Crippen LogP contribution in [-0.2, 0) is 20.6 Å². The number of aryl methyl sites for hydroxylation is 2. The minimum absolute atomic E-state index is 0.346. The normalized spacial score (nSPS) is 11.3. The summed E-state index contributed by atoms with van der Waals surface area (Å²) in [6, 6.07) is 0. The van der Waals surface area contributed by atoms with Crippen LogP contribution in [0.4, 0.5) is 0 Å². The van der Waals surface area contributed by atoms with Crippen LogP contribution in [0.2, 0.25) is 0 Å². The molecule has 18 heavy (non-hydrogen) atoms. The van der Waals surface area contributed by atoms with Gasteiger partial charge in [0.2, 0.25) is 0 Å². The standard InChI is InChI=1S/C10H12BrClN4O2/c1-14-7-6(8(17)15(2)10(14)18)16(5-3-4-12)9(11)13-7/h3-5H2,1-2H3. The molecule has 0 aliphatic heterocycles. The molecule has 8 heteroatoms. The first kappa shape index (κ1) is 13.4. The summed E-state index contributed by atoms with van der Waals surface area (Å²) in [5, 5.41) is 0. The van der Waals surface area contributed by atoms with Crippen LogP contribution in [0.15, 0.2) is 14.3 Å². The van der Waals surface area contributed by atoms with Crippen molar-refractivity contribution < 1.29 is 0 Å². The first-order chi connectivity index (χ1) is 8.49. The molecule has 2 aromatic rings. The third-order valence-corrected chi connectivity index (χ3v) is 3.69. The molecule has 98 valence electrons. The fraction of sp³-hybridized carbons (Fsp3) is 0.500. The van der Waals surface area contributed by atoms with Crippen LogP contribution >= 0.6 is 27.5 Å². The lowest BCUT2D eigenvalue weighted by Gasteiger charge is -2.06. The molecule has 0 amide bonds. The van der Waals surface area contributed by atoms with E-state index in [0.29, 0.717) is 28.3 Å². The van der Waals surface area contributed by atoms with E-state index in [0.717, 1.165) is 11.0 Å². The SMILES string of the molecule is Cn1c(=O)c2c(nc(Br)n2CCCCl)n(C)c1=O. The van der Waals surface area contributed by atoms with Gasteiger partial charge in [0.05, 0.1) is 0 Å². The molecule has 0 atom stereocenters. The highest BCUT2D eigenvalue weighted by atomic mass is 79.9. The molecule has 0 fully saturated rings. The Morgan fingerprint density at radius 2 is 1.94 bits per heavy atom. The molecule has 0 radical (unpaired) electrons. The zero-order chi connectivity index (χ0) is 13.4. The molecule has 2 rings (SSSR count). The van der Waals surface area contributed by atoms with Crippen molar-refractivity contribution in [1.29, 1.82) is 0 Å². The van der Waals surface area contributed by atoms with Crippen molar-refractivity contribution in [2.24, 2.45) is 14.1 Å². The Bertz CT molecular complexity index is 715. The van der Waals surface area contributed by atoms with Gasteiger partial charge in [-0.2, -0.15) is 0 Å². The molecule has 2 heterocycles. The number of halogens is 2. The fourth-order valence-electron chi connectivity index (χ4n) is 1.84. The summed E-state index contributed by atoms with van der Waals surface area (Å²) in [5.74, 6) is 0.498. The van der Waals surface area contributed by atoms with Crippen molar-refractivity contribution in [3.63, 3.8) is 0 Å². The minimum atomic E-state index is -0.387. The second kappa shape index (κ2) is 4.89. The van der Waals surface area contributed by atoms with Crippen molar-refractivity contribution in [3.8, 4) is 0 Å². The summed E-state index contributed by atoms with van der Waals surface area (Å²) < 4.78 is 4.70. The van der Waals surface area contributed by atoms with Gasteiger partial charge >= 0.3 is 5.69 Å². The van der Waals surface area contributed by atoms with E-state index in [9.17, 15) is 9.59 Å². The molecular weight excluding hydrogens is 323 g/mol. The zero-order valence-electron chi connectivity index (χ0n) is 9.98. The Morgan fingerprint density at radius 3 is 2.56 bits per heavy atom. The number of alkyl halides is 1. The number of hydrogen-bond acceptors (Lipinski definition) is 3. The van der Waals surface area contributed by atoms with E-state index >= 15 is 0 Å². The molecule has 0 bridgehead atoms. The largest absolute Gasteiger partial charge is 0.332 e. The maximum atomic E-state index is 12.1. The van der Waals surface area contributed by atoms with E-state index in [1.54, 1.807) is 11.6 Å².